The van der Waals surface area contributed by atoms with E-state index >= 15 is 0 Å². The highest BCUT2D eigenvalue weighted by Crippen LogP contribution is 2.31. The summed E-state index contributed by atoms with van der Waals surface area (Å²) in [5.74, 6) is 0.681. The number of hydrogen-bond donors (Lipinski definition) is 1. The Hall–Kier alpha value is -2.84. The van der Waals surface area contributed by atoms with Gasteiger partial charge in [-0.3, -0.25) is 9.78 Å². The average Bonchev–Trinajstić information content (AvgIpc) is 3.54. The van der Waals surface area contributed by atoms with Gasteiger partial charge in [-0.1, -0.05) is 0 Å². The maximum absolute atomic E-state index is 12.9. The molecule has 3 heterocycles. The third-order valence-electron chi connectivity index (χ3n) is 4.99. The minimum absolute atomic E-state index is 0.0180. The first-order valence-electron chi connectivity index (χ1n) is 9.20. The van der Waals surface area contributed by atoms with E-state index < -0.39 is 11.9 Å². The van der Waals surface area contributed by atoms with Crippen molar-refractivity contribution in [1.29, 1.82) is 0 Å². The summed E-state index contributed by atoms with van der Waals surface area (Å²) in [6, 6.07) is 6.37. The number of carbonyl (C=O) groups excluding carboxylic acids is 1. The SMILES string of the molecule is O=C(Nc1ccc(N2CCN(c3ccnc(C(F)(F)F)c3)CC2)cn1)C1CC1. The average molecular weight is 391 g/mol. The van der Waals surface area contributed by atoms with Gasteiger partial charge in [-0.25, -0.2) is 4.98 Å². The first-order chi connectivity index (χ1) is 13.4. The number of rotatable bonds is 4. The van der Waals surface area contributed by atoms with E-state index in [1.807, 2.05) is 11.0 Å². The number of halogens is 3. The zero-order chi connectivity index (χ0) is 19.7. The summed E-state index contributed by atoms with van der Waals surface area (Å²) in [6.45, 7) is 2.53. The van der Waals surface area contributed by atoms with E-state index in [9.17, 15) is 18.0 Å². The van der Waals surface area contributed by atoms with E-state index in [4.69, 9.17) is 0 Å². The van der Waals surface area contributed by atoms with E-state index in [2.05, 4.69) is 20.2 Å². The van der Waals surface area contributed by atoms with Crippen LogP contribution in [0, 0.1) is 5.92 Å². The molecule has 0 atom stereocenters. The molecule has 0 bridgehead atoms. The van der Waals surface area contributed by atoms with Gasteiger partial charge in [-0.15, -0.1) is 0 Å². The van der Waals surface area contributed by atoms with Gasteiger partial charge in [0.05, 0.1) is 11.9 Å². The number of carbonyl (C=O) groups is 1. The van der Waals surface area contributed by atoms with Crippen molar-refractivity contribution < 1.29 is 18.0 Å². The third kappa shape index (κ3) is 4.18. The molecule has 28 heavy (non-hydrogen) atoms. The van der Waals surface area contributed by atoms with Crippen LogP contribution in [-0.4, -0.2) is 42.1 Å². The van der Waals surface area contributed by atoms with Crippen LogP contribution in [0.25, 0.3) is 0 Å². The molecule has 4 rings (SSSR count). The van der Waals surface area contributed by atoms with E-state index in [-0.39, 0.29) is 11.8 Å². The van der Waals surface area contributed by atoms with Gasteiger partial charge in [0.25, 0.3) is 0 Å². The fourth-order valence-corrected chi connectivity index (χ4v) is 3.21. The van der Waals surface area contributed by atoms with Crippen LogP contribution in [0.4, 0.5) is 30.4 Å². The Labute approximate surface area is 160 Å². The molecule has 2 aromatic heterocycles. The number of anilines is 3. The zero-order valence-electron chi connectivity index (χ0n) is 15.1. The fourth-order valence-electron chi connectivity index (χ4n) is 3.21. The fraction of sp³-hybridized carbons (Fsp3) is 0.421. The lowest BCUT2D eigenvalue weighted by molar-refractivity contribution is -0.141. The molecule has 0 unspecified atom stereocenters. The zero-order valence-corrected chi connectivity index (χ0v) is 15.1. The number of hydrogen-bond acceptors (Lipinski definition) is 5. The molecule has 1 aliphatic heterocycles. The van der Waals surface area contributed by atoms with Crippen LogP contribution in [0.1, 0.15) is 18.5 Å². The summed E-state index contributed by atoms with van der Waals surface area (Å²) in [5.41, 5.74) is 0.577. The molecule has 6 nitrogen and oxygen atoms in total. The van der Waals surface area contributed by atoms with Crippen LogP contribution in [0.5, 0.6) is 0 Å². The molecule has 1 saturated carbocycles. The number of nitrogens with one attached hydrogen (secondary N) is 1. The Balaban J connectivity index is 1.35. The Morgan fingerprint density at radius 2 is 1.68 bits per heavy atom. The van der Waals surface area contributed by atoms with E-state index in [1.165, 1.54) is 6.20 Å². The van der Waals surface area contributed by atoms with Gasteiger partial charge < -0.3 is 15.1 Å². The molecule has 148 valence electrons. The maximum atomic E-state index is 12.9. The molecule has 0 radical (unpaired) electrons. The highest BCUT2D eigenvalue weighted by atomic mass is 19.4. The van der Waals surface area contributed by atoms with Gasteiger partial charge in [0.2, 0.25) is 5.91 Å². The van der Waals surface area contributed by atoms with Gasteiger partial charge in [0.1, 0.15) is 11.5 Å². The van der Waals surface area contributed by atoms with E-state index in [0.29, 0.717) is 37.7 Å². The molecule has 2 aromatic rings. The van der Waals surface area contributed by atoms with Crippen molar-refractivity contribution >= 4 is 23.1 Å². The Kier molecular flexibility index (Phi) is 4.82. The number of pyridine rings is 2. The quantitative estimate of drug-likeness (QED) is 0.868. The van der Waals surface area contributed by atoms with Crippen LogP contribution >= 0.6 is 0 Å². The van der Waals surface area contributed by atoms with Crippen molar-refractivity contribution in [2.75, 3.05) is 41.3 Å². The van der Waals surface area contributed by atoms with E-state index in [0.717, 1.165) is 24.6 Å². The summed E-state index contributed by atoms with van der Waals surface area (Å²) in [6.07, 6.45) is 0.349. The smallest absolute Gasteiger partial charge is 0.368 e. The summed E-state index contributed by atoms with van der Waals surface area (Å²) >= 11 is 0. The standard InChI is InChI=1S/C19H20F3N5O/c20-19(21,22)16-11-14(5-6-23-16)26-7-9-27(10-8-26)15-3-4-17(24-12-15)25-18(28)13-1-2-13/h3-6,11-13H,1-2,7-10H2,(H,24,25,28). The Morgan fingerprint density at radius 1 is 1.00 bits per heavy atom. The summed E-state index contributed by atoms with van der Waals surface area (Å²) in [7, 11) is 0. The van der Waals surface area contributed by atoms with Crippen molar-refractivity contribution in [1.82, 2.24) is 9.97 Å². The maximum Gasteiger partial charge on any atom is 0.433 e. The molecular formula is C19H20F3N5O. The minimum atomic E-state index is -4.44. The Morgan fingerprint density at radius 3 is 2.25 bits per heavy atom. The second-order valence-corrected chi connectivity index (χ2v) is 7.04. The van der Waals surface area contributed by atoms with E-state index in [1.54, 1.807) is 18.3 Å². The molecule has 0 aromatic carbocycles. The highest BCUT2D eigenvalue weighted by molar-refractivity contribution is 5.93. The molecule has 0 spiro atoms. The van der Waals surface area contributed by atoms with Gasteiger partial charge in [-0.2, -0.15) is 13.2 Å². The molecule has 2 aliphatic rings. The van der Waals surface area contributed by atoms with Crippen molar-refractivity contribution in [3.63, 3.8) is 0 Å². The second-order valence-electron chi connectivity index (χ2n) is 7.04. The number of aromatic nitrogens is 2. The largest absolute Gasteiger partial charge is 0.433 e. The van der Waals surface area contributed by atoms with Crippen molar-refractivity contribution in [2.24, 2.45) is 5.92 Å². The molecular weight excluding hydrogens is 371 g/mol. The number of piperazine rings is 1. The first-order valence-corrected chi connectivity index (χ1v) is 9.20. The molecule has 1 aliphatic carbocycles. The van der Waals surface area contributed by atoms with Gasteiger partial charge in [0, 0.05) is 44.0 Å². The first kappa shape index (κ1) is 18.5. The number of amides is 1. The van der Waals surface area contributed by atoms with Crippen molar-refractivity contribution in [3.8, 4) is 0 Å². The minimum Gasteiger partial charge on any atom is -0.368 e. The van der Waals surface area contributed by atoms with Crippen LogP contribution in [-0.2, 0) is 11.0 Å². The van der Waals surface area contributed by atoms with Crippen molar-refractivity contribution in [3.05, 3.63) is 42.4 Å². The normalized spacial score (nSPS) is 17.5. The molecule has 1 N–H and O–H groups in total. The third-order valence-corrected chi connectivity index (χ3v) is 4.99. The molecule has 1 saturated heterocycles. The van der Waals surface area contributed by atoms with Crippen LogP contribution < -0.4 is 15.1 Å². The van der Waals surface area contributed by atoms with Crippen LogP contribution in [0.15, 0.2) is 36.7 Å². The molecule has 9 heteroatoms. The van der Waals surface area contributed by atoms with Crippen molar-refractivity contribution in [2.45, 2.75) is 19.0 Å². The second kappa shape index (κ2) is 7.29. The van der Waals surface area contributed by atoms with Gasteiger partial charge in [-0.05, 0) is 37.1 Å². The predicted molar refractivity (Wildman–Crippen MR) is 99.3 cm³/mol. The molecule has 1 amide bonds. The lowest BCUT2D eigenvalue weighted by Gasteiger charge is -2.37. The monoisotopic (exact) mass is 391 g/mol. The van der Waals surface area contributed by atoms with Gasteiger partial charge in [0.15, 0.2) is 0 Å². The number of alkyl halides is 3. The summed E-state index contributed by atoms with van der Waals surface area (Å²) in [5, 5.41) is 2.81. The highest BCUT2D eigenvalue weighted by Gasteiger charge is 2.33. The lowest BCUT2D eigenvalue weighted by Crippen LogP contribution is -2.46. The van der Waals surface area contributed by atoms with Gasteiger partial charge >= 0.3 is 6.18 Å². The lowest BCUT2D eigenvalue weighted by atomic mass is 10.2. The van der Waals surface area contributed by atoms with Crippen LogP contribution in [0.3, 0.4) is 0 Å². The summed E-state index contributed by atoms with van der Waals surface area (Å²) in [4.78, 5) is 23.5. The topological polar surface area (TPSA) is 61.4 Å². The summed E-state index contributed by atoms with van der Waals surface area (Å²) < 4.78 is 38.6. The Bertz CT molecular complexity index is 843. The predicted octanol–water partition coefficient (Wildman–Crippen LogP) is 3.17. The number of nitrogens with zero attached hydrogens (tertiary/aromatic N) is 4. The molecule has 2 fully saturated rings. The van der Waals surface area contributed by atoms with Crippen LogP contribution in [0.2, 0.25) is 0 Å².